The van der Waals surface area contributed by atoms with Crippen molar-refractivity contribution >= 4 is 7.75 Å². The molecule has 4 nitrogen and oxygen atoms in total. The maximum Gasteiger partial charge on any atom is 0.403 e. The van der Waals surface area contributed by atoms with E-state index in [4.69, 9.17) is 14.6 Å². The molecule has 0 spiro atoms. The van der Waals surface area contributed by atoms with Crippen LogP contribution in [-0.2, 0) is 13.6 Å². The second-order valence-electron chi connectivity index (χ2n) is 3.05. The summed E-state index contributed by atoms with van der Waals surface area (Å²) in [5.74, 6) is 0.343. The largest absolute Gasteiger partial charge is 0.403 e. The summed E-state index contributed by atoms with van der Waals surface area (Å²) in [5, 5.41) is 0. The Balaban J connectivity index is 2.53. The zero-order chi connectivity index (χ0) is 8.48. The van der Waals surface area contributed by atoms with Gasteiger partial charge in [0.05, 0.1) is 12.7 Å². The smallest absolute Gasteiger partial charge is 0.297 e. The second-order valence-corrected chi connectivity index (χ2v) is 4.60. The molecule has 0 saturated carbocycles. The van der Waals surface area contributed by atoms with E-state index in [1.165, 1.54) is 0 Å². The number of hydrogen-bond acceptors (Lipinski definition) is 3. The molecule has 0 aromatic heterocycles. The van der Waals surface area contributed by atoms with Gasteiger partial charge in [-0.3, -0.25) is 9.05 Å². The summed E-state index contributed by atoms with van der Waals surface area (Å²) in [6.07, 6.45) is 0.762. The molecule has 0 aliphatic carbocycles. The Morgan fingerprint density at radius 1 is 1.64 bits per heavy atom. The maximum atomic E-state index is 11.1. The zero-order valence-corrected chi connectivity index (χ0v) is 7.71. The molecule has 0 bridgehead atoms. The van der Waals surface area contributed by atoms with E-state index in [1.54, 1.807) is 0 Å². The molecule has 0 amide bonds. The highest BCUT2D eigenvalue weighted by Gasteiger charge is 2.30. The van der Waals surface area contributed by atoms with Gasteiger partial charge in [-0.15, -0.1) is 0 Å². The summed E-state index contributed by atoms with van der Waals surface area (Å²) in [6.45, 7) is 4.46. The van der Waals surface area contributed by atoms with Gasteiger partial charge in [0, 0.05) is 0 Å². The maximum absolute atomic E-state index is 11.1. The molecule has 66 valence electrons. The Labute approximate surface area is 66.6 Å². The molecule has 5 heteroatoms. The third-order valence-electron chi connectivity index (χ3n) is 1.70. The molecule has 1 fully saturated rings. The highest BCUT2D eigenvalue weighted by atomic mass is 31.2. The van der Waals surface area contributed by atoms with Crippen LogP contribution in [0.5, 0.6) is 0 Å². The van der Waals surface area contributed by atoms with Crippen molar-refractivity contribution in [3.05, 3.63) is 0 Å². The van der Waals surface area contributed by atoms with Crippen LogP contribution in [0.3, 0.4) is 0 Å². The summed E-state index contributed by atoms with van der Waals surface area (Å²) in [5.41, 5.74) is 5.22. The van der Waals surface area contributed by atoms with E-state index in [1.807, 2.05) is 13.8 Å². The molecule has 2 N–H and O–H groups in total. The van der Waals surface area contributed by atoms with E-state index >= 15 is 0 Å². The monoisotopic (exact) mass is 179 g/mol. The molecule has 0 aromatic carbocycles. The van der Waals surface area contributed by atoms with Crippen LogP contribution in [0.25, 0.3) is 0 Å². The van der Waals surface area contributed by atoms with Crippen LogP contribution in [0.2, 0.25) is 0 Å². The first-order valence-corrected chi connectivity index (χ1v) is 5.34. The van der Waals surface area contributed by atoms with Crippen LogP contribution in [0.1, 0.15) is 20.3 Å². The molecular formula is C6H14NO3P. The van der Waals surface area contributed by atoms with E-state index in [0.29, 0.717) is 12.5 Å². The van der Waals surface area contributed by atoms with Crippen LogP contribution in [0.4, 0.5) is 0 Å². The lowest BCUT2D eigenvalue weighted by atomic mass is 10.1. The first kappa shape index (κ1) is 9.20. The van der Waals surface area contributed by atoms with Crippen molar-refractivity contribution in [3.8, 4) is 0 Å². The van der Waals surface area contributed by atoms with Gasteiger partial charge >= 0.3 is 7.75 Å². The first-order valence-electron chi connectivity index (χ1n) is 3.73. The molecule has 0 aromatic rings. The molecule has 1 aliphatic rings. The van der Waals surface area contributed by atoms with Gasteiger partial charge in [-0.25, -0.2) is 10.1 Å². The molecule has 11 heavy (non-hydrogen) atoms. The molecule has 1 saturated heterocycles. The van der Waals surface area contributed by atoms with Crippen LogP contribution in [0, 0.1) is 5.92 Å². The standard InChI is InChI=1S/C6H14NO3P/c1-5(2)6-3-4-9-11(7,8)10-6/h5-6H,3-4H2,1-2H3,(H2,7,8)/t6-,11+/m1/s1. The fourth-order valence-electron chi connectivity index (χ4n) is 1.02. The predicted molar refractivity (Wildman–Crippen MR) is 42.1 cm³/mol. The lowest BCUT2D eigenvalue weighted by Gasteiger charge is -2.29. The lowest BCUT2D eigenvalue weighted by Crippen LogP contribution is -2.27. The highest BCUT2D eigenvalue weighted by Crippen LogP contribution is 2.45. The van der Waals surface area contributed by atoms with Crippen LogP contribution >= 0.6 is 7.75 Å². The quantitative estimate of drug-likeness (QED) is 0.620. The van der Waals surface area contributed by atoms with E-state index in [0.717, 1.165) is 6.42 Å². The van der Waals surface area contributed by atoms with Crippen LogP contribution < -0.4 is 5.50 Å². The van der Waals surface area contributed by atoms with E-state index in [2.05, 4.69) is 0 Å². The van der Waals surface area contributed by atoms with Gasteiger partial charge in [-0.1, -0.05) is 13.8 Å². The third-order valence-corrected chi connectivity index (χ3v) is 2.81. The summed E-state index contributed by atoms with van der Waals surface area (Å²) >= 11 is 0. The van der Waals surface area contributed by atoms with Crippen molar-refractivity contribution in [1.29, 1.82) is 0 Å². The van der Waals surface area contributed by atoms with Crippen LogP contribution in [-0.4, -0.2) is 12.7 Å². The van der Waals surface area contributed by atoms with E-state index in [-0.39, 0.29) is 6.10 Å². The lowest BCUT2D eigenvalue weighted by molar-refractivity contribution is 0.0536. The topological polar surface area (TPSA) is 61.5 Å². The van der Waals surface area contributed by atoms with Gasteiger partial charge in [0.2, 0.25) is 0 Å². The van der Waals surface area contributed by atoms with Gasteiger partial charge in [0.1, 0.15) is 0 Å². The van der Waals surface area contributed by atoms with Crippen LogP contribution in [0.15, 0.2) is 0 Å². The van der Waals surface area contributed by atoms with Gasteiger partial charge in [0.25, 0.3) is 0 Å². The summed E-state index contributed by atoms with van der Waals surface area (Å²) < 4.78 is 20.9. The second kappa shape index (κ2) is 3.23. The molecule has 1 rings (SSSR count). The summed E-state index contributed by atoms with van der Waals surface area (Å²) in [6, 6.07) is 0. The molecule has 0 unspecified atom stereocenters. The van der Waals surface area contributed by atoms with E-state index < -0.39 is 7.75 Å². The average Bonchev–Trinajstić information content (AvgIpc) is 1.85. The Hall–Kier alpha value is 0.110. The molecule has 1 heterocycles. The average molecular weight is 179 g/mol. The van der Waals surface area contributed by atoms with Crippen molar-refractivity contribution in [2.45, 2.75) is 26.4 Å². The Bertz CT molecular complexity index is 183. The highest BCUT2D eigenvalue weighted by molar-refractivity contribution is 7.51. The Kier molecular flexibility index (Phi) is 2.70. The summed E-state index contributed by atoms with van der Waals surface area (Å²) in [4.78, 5) is 0. The third kappa shape index (κ3) is 2.56. The molecule has 1 aliphatic heterocycles. The first-order chi connectivity index (χ1) is 5.01. The fourth-order valence-corrected chi connectivity index (χ4v) is 2.17. The SMILES string of the molecule is CC(C)[C@H]1CCO[P@](N)(=O)O1. The minimum atomic E-state index is -3.20. The van der Waals surface area contributed by atoms with Gasteiger partial charge < -0.3 is 0 Å². The van der Waals surface area contributed by atoms with Crippen molar-refractivity contribution in [2.75, 3.05) is 6.61 Å². The molecular weight excluding hydrogens is 165 g/mol. The van der Waals surface area contributed by atoms with Crippen molar-refractivity contribution in [3.63, 3.8) is 0 Å². The normalized spacial score (nSPS) is 39.5. The van der Waals surface area contributed by atoms with Gasteiger partial charge in [-0.2, -0.15) is 0 Å². The molecule has 0 radical (unpaired) electrons. The minimum Gasteiger partial charge on any atom is -0.297 e. The zero-order valence-electron chi connectivity index (χ0n) is 6.82. The van der Waals surface area contributed by atoms with Crippen molar-refractivity contribution in [1.82, 2.24) is 0 Å². The Morgan fingerprint density at radius 3 is 2.64 bits per heavy atom. The number of hydrogen-bond donors (Lipinski definition) is 1. The van der Waals surface area contributed by atoms with Gasteiger partial charge in [-0.05, 0) is 12.3 Å². The number of rotatable bonds is 1. The summed E-state index contributed by atoms with van der Waals surface area (Å²) in [7, 11) is -3.20. The predicted octanol–water partition coefficient (Wildman–Crippen LogP) is 1.51. The van der Waals surface area contributed by atoms with E-state index in [9.17, 15) is 4.57 Å². The molecule has 2 atom stereocenters. The number of nitrogens with two attached hydrogens (primary N) is 1. The van der Waals surface area contributed by atoms with Crippen molar-refractivity contribution in [2.24, 2.45) is 11.4 Å². The fraction of sp³-hybridized carbons (Fsp3) is 1.00. The Morgan fingerprint density at radius 2 is 2.27 bits per heavy atom. The van der Waals surface area contributed by atoms with Gasteiger partial charge in [0.15, 0.2) is 0 Å². The van der Waals surface area contributed by atoms with Crippen molar-refractivity contribution < 1.29 is 13.6 Å². The minimum absolute atomic E-state index is 0.0143.